The zero-order valence-electron chi connectivity index (χ0n) is 10.3. The molecule has 0 spiro atoms. The molecule has 0 aliphatic carbocycles. The molecule has 4 heteroatoms. The van der Waals surface area contributed by atoms with Gasteiger partial charge in [0.15, 0.2) is 0 Å². The Bertz CT molecular complexity index is 581. The van der Waals surface area contributed by atoms with Crippen LogP contribution in [-0.2, 0) is 6.42 Å². The Balaban J connectivity index is 2.22. The lowest BCUT2D eigenvalue weighted by Crippen LogP contribution is -2.01. The van der Waals surface area contributed by atoms with Crippen molar-refractivity contribution in [1.29, 1.82) is 0 Å². The maximum absolute atomic E-state index is 13.8. The standard InChI is InChI=1S/C15H12BrClF2/c1-9-6-15(19)12(8-14(9)18)13(17)7-10-2-4-11(16)5-3-10/h2-6,8,13H,7H2,1H3. The highest BCUT2D eigenvalue weighted by molar-refractivity contribution is 9.10. The van der Waals surface area contributed by atoms with Gasteiger partial charge in [0.05, 0.1) is 5.38 Å². The fraction of sp³-hybridized carbons (Fsp3) is 0.200. The van der Waals surface area contributed by atoms with E-state index in [0.29, 0.717) is 6.42 Å². The van der Waals surface area contributed by atoms with Crippen LogP contribution in [0.3, 0.4) is 0 Å². The van der Waals surface area contributed by atoms with E-state index in [2.05, 4.69) is 15.9 Å². The fourth-order valence-corrected chi connectivity index (χ4v) is 2.45. The zero-order valence-corrected chi connectivity index (χ0v) is 12.6. The van der Waals surface area contributed by atoms with Crippen LogP contribution < -0.4 is 0 Å². The average molecular weight is 346 g/mol. The Kier molecular flexibility index (Phi) is 4.58. The zero-order chi connectivity index (χ0) is 14.0. The summed E-state index contributed by atoms with van der Waals surface area (Å²) in [6, 6.07) is 9.96. The van der Waals surface area contributed by atoms with Crippen molar-refractivity contribution >= 4 is 27.5 Å². The molecule has 2 aromatic rings. The van der Waals surface area contributed by atoms with Crippen LogP contribution in [0.25, 0.3) is 0 Å². The highest BCUT2D eigenvalue weighted by atomic mass is 79.9. The first kappa shape index (κ1) is 14.5. The number of alkyl halides is 1. The molecule has 0 aliphatic heterocycles. The predicted octanol–water partition coefficient (Wildman–Crippen LogP) is 5.56. The Morgan fingerprint density at radius 3 is 2.37 bits per heavy atom. The van der Waals surface area contributed by atoms with Gasteiger partial charge in [-0.2, -0.15) is 0 Å². The van der Waals surface area contributed by atoms with Crippen molar-refractivity contribution in [3.63, 3.8) is 0 Å². The maximum atomic E-state index is 13.8. The number of rotatable bonds is 3. The van der Waals surface area contributed by atoms with Crippen molar-refractivity contribution in [2.24, 2.45) is 0 Å². The number of hydrogen-bond donors (Lipinski definition) is 0. The van der Waals surface area contributed by atoms with Crippen LogP contribution >= 0.6 is 27.5 Å². The minimum absolute atomic E-state index is 0.202. The molecule has 0 bridgehead atoms. The first-order chi connectivity index (χ1) is 8.97. The van der Waals surface area contributed by atoms with Crippen LogP contribution in [-0.4, -0.2) is 0 Å². The summed E-state index contributed by atoms with van der Waals surface area (Å²) < 4.78 is 28.2. The maximum Gasteiger partial charge on any atom is 0.128 e. The molecule has 0 aromatic heterocycles. The number of benzene rings is 2. The van der Waals surface area contributed by atoms with E-state index < -0.39 is 17.0 Å². The lowest BCUT2D eigenvalue weighted by atomic mass is 10.0. The molecular formula is C15H12BrClF2. The highest BCUT2D eigenvalue weighted by Crippen LogP contribution is 2.29. The third kappa shape index (κ3) is 3.54. The molecule has 0 heterocycles. The van der Waals surface area contributed by atoms with Crippen molar-refractivity contribution in [2.45, 2.75) is 18.7 Å². The van der Waals surface area contributed by atoms with E-state index in [9.17, 15) is 8.78 Å². The van der Waals surface area contributed by atoms with Gasteiger partial charge in [-0.1, -0.05) is 28.1 Å². The quantitative estimate of drug-likeness (QED) is 0.639. The minimum Gasteiger partial charge on any atom is -0.207 e. The Labute approximate surface area is 124 Å². The SMILES string of the molecule is Cc1cc(F)c(C(Cl)Cc2ccc(Br)cc2)cc1F. The van der Waals surface area contributed by atoms with Gasteiger partial charge in [0, 0.05) is 10.0 Å². The van der Waals surface area contributed by atoms with E-state index in [1.807, 2.05) is 24.3 Å². The molecule has 0 amide bonds. The van der Waals surface area contributed by atoms with Gasteiger partial charge in [0.1, 0.15) is 11.6 Å². The third-order valence-electron chi connectivity index (χ3n) is 2.94. The second-order valence-corrected chi connectivity index (χ2v) is 5.86. The average Bonchev–Trinajstić information content (AvgIpc) is 2.36. The van der Waals surface area contributed by atoms with E-state index in [1.54, 1.807) is 0 Å². The summed E-state index contributed by atoms with van der Waals surface area (Å²) in [6.45, 7) is 1.53. The van der Waals surface area contributed by atoms with Gasteiger partial charge >= 0.3 is 0 Å². The summed E-state index contributed by atoms with van der Waals surface area (Å²) in [7, 11) is 0. The van der Waals surface area contributed by atoms with Gasteiger partial charge in [-0.3, -0.25) is 0 Å². The molecular weight excluding hydrogens is 334 g/mol. The van der Waals surface area contributed by atoms with Gasteiger partial charge in [0.25, 0.3) is 0 Å². The Morgan fingerprint density at radius 2 is 1.74 bits per heavy atom. The van der Waals surface area contributed by atoms with Crippen LogP contribution in [0.5, 0.6) is 0 Å². The topological polar surface area (TPSA) is 0 Å². The number of hydrogen-bond acceptors (Lipinski definition) is 0. The summed E-state index contributed by atoms with van der Waals surface area (Å²) in [5.74, 6) is -0.895. The van der Waals surface area contributed by atoms with Crippen LogP contribution in [0.2, 0.25) is 0 Å². The Hall–Kier alpha value is -0.930. The molecule has 1 unspecified atom stereocenters. The molecule has 0 saturated heterocycles. The van der Waals surface area contributed by atoms with Gasteiger partial charge < -0.3 is 0 Å². The number of halogens is 4. The first-order valence-electron chi connectivity index (χ1n) is 5.81. The molecule has 0 nitrogen and oxygen atoms in total. The molecule has 19 heavy (non-hydrogen) atoms. The molecule has 0 aliphatic rings. The van der Waals surface area contributed by atoms with E-state index >= 15 is 0 Å². The fourth-order valence-electron chi connectivity index (χ4n) is 1.84. The summed E-state index contributed by atoms with van der Waals surface area (Å²) >= 11 is 9.53. The van der Waals surface area contributed by atoms with Gasteiger partial charge in [0.2, 0.25) is 0 Å². The molecule has 2 rings (SSSR count). The third-order valence-corrected chi connectivity index (χ3v) is 3.86. The van der Waals surface area contributed by atoms with Crippen LogP contribution in [0.15, 0.2) is 40.9 Å². The first-order valence-corrected chi connectivity index (χ1v) is 7.04. The Morgan fingerprint density at radius 1 is 1.11 bits per heavy atom. The van der Waals surface area contributed by atoms with Gasteiger partial charge in [-0.05, 0) is 48.7 Å². The summed E-state index contributed by atoms with van der Waals surface area (Å²) in [4.78, 5) is 0. The summed E-state index contributed by atoms with van der Waals surface area (Å²) in [5, 5.41) is -0.587. The lowest BCUT2D eigenvalue weighted by molar-refractivity contribution is 0.575. The monoisotopic (exact) mass is 344 g/mol. The van der Waals surface area contributed by atoms with Gasteiger partial charge in [-0.15, -0.1) is 11.6 Å². The molecule has 100 valence electrons. The molecule has 1 atom stereocenters. The second-order valence-electron chi connectivity index (χ2n) is 4.42. The van der Waals surface area contributed by atoms with Crippen LogP contribution in [0, 0.1) is 18.6 Å². The molecule has 0 fully saturated rings. The van der Waals surface area contributed by atoms with Crippen LogP contribution in [0.1, 0.15) is 22.1 Å². The largest absolute Gasteiger partial charge is 0.207 e. The van der Waals surface area contributed by atoms with Crippen molar-refractivity contribution in [3.05, 3.63) is 69.2 Å². The van der Waals surface area contributed by atoms with E-state index in [0.717, 1.165) is 10.0 Å². The van der Waals surface area contributed by atoms with Crippen molar-refractivity contribution in [2.75, 3.05) is 0 Å². The second kappa shape index (κ2) is 6.02. The summed E-state index contributed by atoms with van der Waals surface area (Å²) in [5.41, 5.74) is 1.46. The van der Waals surface area contributed by atoms with E-state index in [-0.39, 0.29) is 11.1 Å². The van der Waals surface area contributed by atoms with Crippen molar-refractivity contribution in [3.8, 4) is 0 Å². The van der Waals surface area contributed by atoms with Crippen LogP contribution in [0.4, 0.5) is 8.78 Å². The lowest BCUT2D eigenvalue weighted by Gasteiger charge is -2.12. The molecule has 2 aromatic carbocycles. The molecule has 0 radical (unpaired) electrons. The molecule has 0 N–H and O–H groups in total. The minimum atomic E-state index is -0.587. The molecule has 0 saturated carbocycles. The van der Waals surface area contributed by atoms with Crippen molar-refractivity contribution in [1.82, 2.24) is 0 Å². The predicted molar refractivity (Wildman–Crippen MR) is 77.5 cm³/mol. The number of aryl methyl sites for hydroxylation is 1. The highest BCUT2D eigenvalue weighted by Gasteiger charge is 2.16. The van der Waals surface area contributed by atoms with Crippen molar-refractivity contribution < 1.29 is 8.78 Å². The smallest absolute Gasteiger partial charge is 0.128 e. The van der Waals surface area contributed by atoms with Gasteiger partial charge in [-0.25, -0.2) is 8.78 Å². The van der Waals surface area contributed by atoms with E-state index in [1.165, 1.54) is 19.1 Å². The van der Waals surface area contributed by atoms with E-state index in [4.69, 9.17) is 11.6 Å². The normalized spacial score (nSPS) is 12.5. The summed E-state index contributed by atoms with van der Waals surface area (Å²) in [6.07, 6.45) is 0.453.